The predicted molar refractivity (Wildman–Crippen MR) is 113 cm³/mol. The Bertz CT molecular complexity index is 728. The molecule has 0 unspecified atom stereocenters. The number of piperidine rings is 1. The molecule has 1 aliphatic rings. The van der Waals surface area contributed by atoms with Gasteiger partial charge in [-0.05, 0) is 62.3 Å². The molecule has 1 atom stereocenters. The Labute approximate surface area is 163 Å². The molecule has 0 aliphatic carbocycles. The molecule has 144 valence electrons. The SMILES string of the molecule is Cc1ccc(CCC(=O)N[C@H](C)c2ccc(N3CCC(C)CC3)cc2)cc1. The van der Waals surface area contributed by atoms with Gasteiger partial charge in [-0.3, -0.25) is 4.79 Å². The summed E-state index contributed by atoms with van der Waals surface area (Å²) < 4.78 is 0. The molecule has 0 saturated carbocycles. The summed E-state index contributed by atoms with van der Waals surface area (Å²) in [4.78, 5) is 14.8. The van der Waals surface area contributed by atoms with Gasteiger partial charge in [-0.1, -0.05) is 48.9 Å². The van der Waals surface area contributed by atoms with Crippen LogP contribution in [-0.2, 0) is 11.2 Å². The lowest BCUT2D eigenvalue weighted by molar-refractivity contribution is -0.121. The zero-order chi connectivity index (χ0) is 19.2. The quantitative estimate of drug-likeness (QED) is 0.779. The maximum absolute atomic E-state index is 12.3. The molecule has 3 rings (SSSR count). The van der Waals surface area contributed by atoms with E-state index in [1.165, 1.54) is 29.7 Å². The van der Waals surface area contributed by atoms with Crippen molar-refractivity contribution in [1.29, 1.82) is 0 Å². The summed E-state index contributed by atoms with van der Waals surface area (Å²) in [5.41, 5.74) is 4.92. The maximum atomic E-state index is 12.3. The number of anilines is 1. The highest BCUT2D eigenvalue weighted by Gasteiger charge is 2.16. The van der Waals surface area contributed by atoms with Gasteiger partial charge in [0, 0.05) is 25.2 Å². The monoisotopic (exact) mass is 364 g/mol. The Morgan fingerprint density at radius 3 is 2.33 bits per heavy atom. The van der Waals surface area contributed by atoms with Gasteiger partial charge in [-0.2, -0.15) is 0 Å². The number of carbonyl (C=O) groups excluding carboxylic acids is 1. The average molecular weight is 365 g/mol. The van der Waals surface area contributed by atoms with Crippen LogP contribution in [0.1, 0.15) is 55.8 Å². The van der Waals surface area contributed by atoms with Gasteiger partial charge in [0.25, 0.3) is 0 Å². The Hall–Kier alpha value is -2.29. The number of carbonyl (C=O) groups is 1. The number of nitrogens with zero attached hydrogens (tertiary/aromatic N) is 1. The third kappa shape index (κ3) is 5.59. The fraction of sp³-hybridized carbons (Fsp3) is 0.458. The van der Waals surface area contributed by atoms with E-state index in [0.29, 0.717) is 6.42 Å². The van der Waals surface area contributed by atoms with Crippen molar-refractivity contribution < 1.29 is 4.79 Å². The molecule has 3 nitrogen and oxygen atoms in total. The molecule has 2 aromatic rings. The van der Waals surface area contributed by atoms with Crippen LogP contribution in [0.15, 0.2) is 48.5 Å². The number of aryl methyl sites for hydroxylation is 2. The summed E-state index contributed by atoms with van der Waals surface area (Å²) in [7, 11) is 0. The number of rotatable bonds is 6. The summed E-state index contributed by atoms with van der Waals surface area (Å²) in [6.45, 7) is 8.76. The number of amides is 1. The van der Waals surface area contributed by atoms with E-state index in [0.717, 1.165) is 31.0 Å². The number of nitrogens with one attached hydrogen (secondary N) is 1. The lowest BCUT2D eigenvalue weighted by Gasteiger charge is -2.32. The second-order valence-electron chi connectivity index (χ2n) is 8.04. The van der Waals surface area contributed by atoms with Crippen molar-refractivity contribution >= 4 is 11.6 Å². The zero-order valence-electron chi connectivity index (χ0n) is 16.9. The standard InChI is InChI=1S/C24H32N2O/c1-18-4-6-21(7-5-18)8-13-24(27)25-20(3)22-9-11-23(12-10-22)26-16-14-19(2)15-17-26/h4-7,9-12,19-20H,8,13-17H2,1-3H3,(H,25,27)/t20-/m1/s1. The van der Waals surface area contributed by atoms with Gasteiger partial charge in [0.1, 0.15) is 0 Å². The second kappa shape index (κ2) is 9.07. The van der Waals surface area contributed by atoms with E-state index >= 15 is 0 Å². The van der Waals surface area contributed by atoms with Crippen LogP contribution in [0, 0.1) is 12.8 Å². The average Bonchev–Trinajstić information content (AvgIpc) is 2.68. The molecule has 0 bridgehead atoms. The molecule has 1 amide bonds. The van der Waals surface area contributed by atoms with Crippen LogP contribution in [0.4, 0.5) is 5.69 Å². The Balaban J connectivity index is 1.49. The first kappa shape index (κ1) is 19.5. The number of benzene rings is 2. The minimum Gasteiger partial charge on any atom is -0.372 e. The van der Waals surface area contributed by atoms with E-state index in [1.807, 2.05) is 0 Å². The largest absolute Gasteiger partial charge is 0.372 e. The summed E-state index contributed by atoms with van der Waals surface area (Å²) >= 11 is 0. The third-order valence-corrected chi connectivity index (χ3v) is 5.68. The first-order valence-electron chi connectivity index (χ1n) is 10.2. The molecular weight excluding hydrogens is 332 g/mol. The highest BCUT2D eigenvalue weighted by molar-refractivity contribution is 5.76. The summed E-state index contributed by atoms with van der Waals surface area (Å²) in [6.07, 6.45) is 3.85. The van der Waals surface area contributed by atoms with Crippen molar-refractivity contribution in [2.75, 3.05) is 18.0 Å². The van der Waals surface area contributed by atoms with Crippen LogP contribution in [0.2, 0.25) is 0 Å². The van der Waals surface area contributed by atoms with Gasteiger partial charge in [0.2, 0.25) is 5.91 Å². The molecular formula is C24H32N2O. The molecule has 1 fully saturated rings. The van der Waals surface area contributed by atoms with Crippen LogP contribution in [-0.4, -0.2) is 19.0 Å². The van der Waals surface area contributed by atoms with E-state index in [2.05, 4.69) is 79.5 Å². The second-order valence-corrected chi connectivity index (χ2v) is 8.04. The highest BCUT2D eigenvalue weighted by atomic mass is 16.1. The van der Waals surface area contributed by atoms with E-state index in [9.17, 15) is 4.79 Å². The van der Waals surface area contributed by atoms with Crippen molar-refractivity contribution in [3.8, 4) is 0 Å². The maximum Gasteiger partial charge on any atom is 0.220 e. The third-order valence-electron chi connectivity index (χ3n) is 5.68. The van der Waals surface area contributed by atoms with E-state index in [-0.39, 0.29) is 11.9 Å². The Morgan fingerprint density at radius 1 is 1.07 bits per heavy atom. The molecule has 1 heterocycles. The van der Waals surface area contributed by atoms with E-state index in [1.54, 1.807) is 0 Å². The fourth-order valence-corrected chi connectivity index (χ4v) is 3.65. The van der Waals surface area contributed by atoms with Crippen molar-refractivity contribution in [2.24, 2.45) is 5.92 Å². The minimum absolute atomic E-state index is 0.0333. The number of hydrogen-bond donors (Lipinski definition) is 1. The molecule has 1 aliphatic heterocycles. The minimum atomic E-state index is 0.0333. The molecule has 0 spiro atoms. The fourth-order valence-electron chi connectivity index (χ4n) is 3.65. The smallest absolute Gasteiger partial charge is 0.220 e. The van der Waals surface area contributed by atoms with Gasteiger partial charge in [-0.15, -0.1) is 0 Å². The Kier molecular flexibility index (Phi) is 6.54. The zero-order valence-corrected chi connectivity index (χ0v) is 16.9. The van der Waals surface area contributed by atoms with Crippen LogP contribution < -0.4 is 10.2 Å². The van der Waals surface area contributed by atoms with Crippen molar-refractivity contribution in [3.05, 3.63) is 65.2 Å². The number of hydrogen-bond acceptors (Lipinski definition) is 2. The van der Waals surface area contributed by atoms with Crippen molar-refractivity contribution in [1.82, 2.24) is 5.32 Å². The molecule has 3 heteroatoms. The van der Waals surface area contributed by atoms with Gasteiger partial charge < -0.3 is 10.2 Å². The summed E-state index contributed by atoms with van der Waals surface area (Å²) in [6, 6.07) is 17.1. The van der Waals surface area contributed by atoms with Gasteiger partial charge >= 0.3 is 0 Å². The van der Waals surface area contributed by atoms with Gasteiger partial charge in [0.15, 0.2) is 0 Å². The molecule has 1 saturated heterocycles. The van der Waals surface area contributed by atoms with Crippen LogP contribution in [0.25, 0.3) is 0 Å². The van der Waals surface area contributed by atoms with Crippen molar-refractivity contribution in [2.45, 2.75) is 52.5 Å². The predicted octanol–water partition coefficient (Wildman–Crippen LogP) is 5.04. The highest BCUT2D eigenvalue weighted by Crippen LogP contribution is 2.24. The molecule has 0 radical (unpaired) electrons. The van der Waals surface area contributed by atoms with Crippen LogP contribution in [0.5, 0.6) is 0 Å². The van der Waals surface area contributed by atoms with E-state index in [4.69, 9.17) is 0 Å². The molecule has 27 heavy (non-hydrogen) atoms. The van der Waals surface area contributed by atoms with Crippen LogP contribution >= 0.6 is 0 Å². The van der Waals surface area contributed by atoms with Crippen molar-refractivity contribution in [3.63, 3.8) is 0 Å². The summed E-state index contributed by atoms with van der Waals surface area (Å²) in [5.74, 6) is 0.952. The topological polar surface area (TPSA) is 32.3 Å². The first-order valence-corrected chi connectivity index (χ1v) is 10.2. The van der Waals surface area contributed by atoms with Gasteiger partial charge in [0.05, 0.1) is 6.04 Å². The lowest BCUT2D eigenvalue weighted by Crippen LogP contribution is -2.32. The van der Waals surface area contributed by atoms with Gasteiger partial charge in [-0.25, -0.2) is 0 Å². The summed E-state index contributed by atoms with van der Waals surface area (Å²) in [5, 5.41) is 3.13. The lowest BCUT2D eigenvalue weighted by atomic mass is 9.98. The van der Waals surface area contributed by atoms with E-state index < -0.39 is 0 Å². The molecule has 0 aromatic heterocycles. The normalized spacial score (nSPS) is 16.2. The molecule has 2 aromatic carbocycles. The Morgan fingerprint density at radius 2 is 1.70 bits per heavy atom. The van der Waals surface area contributed by atoms with Crippen LogP contribution in [0.3, 0.4) is 0 Å². The molecule has 1 N–H and O–H groups in total. The first-order chi connectivity index (χ1) is 13.0.